The average molecular weight is 146 g/mol. The minimum atomic E-state index is 0.661. The summed E-state index contributed by atoms with van der Waals surface area (Å²) >= 11 is 0. The zero-order valence-electron chi connectivity index (χ0n) is 6.68. The van der Waals surface area contributed by atoms with E-state index in [0.717, 1.165) is 16.8 Å². The molecule has 0 saturated carbocycles. The van der Waals surface area contributed by atoms with Gasteiger partial charge in [-0.3, -0.25) is 0 Å². The predicted molar refractivity (Wildman–Crippen MR) is 46.6 cm³/mol. The SMILES string of the molecule is [C-]#[N+]c1cc(C)c(N)c(C)c1. The van der Waals surface area contributed by atoms with E-state index in [0.29, 0.717) is 5.69 Å². The third kappa shape index (κ3) is 1.32. The van der Waals surface area contributed by atoms with Crippen molar-refractivity contribution in [3.8, 4) is 0 Å². The highest BCUT2D eigenvalue weighted by molar-refractivity contribution is 5.62. The molecule has 1 aromatic carbocycles. The molecule has 0 aliphatic rings. The van der Waals surface area contributed by atoms with Gasteiger partial charge in [0.15, 0.2) is 5.69 Å². The highest BCUT2D eigenvalue weighted by Crippen LogP contribution is 2.23. The molecule has 11 heavy (non-hydrogen) atoms. The second-order valence-electron chi connectivity index (χ2n) is 2.61. The van der Waals surface area contributed by atoms with Crippen LogP contribution in [0.5, 0.6) is 0 Å². The molecule has 0 aromatic heterocycles. The summed E-state index contributed by atoms with van der Waals surface area (Å²) in [5.41, 5.74) is 9.12. The Hall–Kier alpha value is -1.49. The molecule has 0 atom stereocenters. The minimum Gasteiger partial charge on any atom is -0.398 e. The van der Waals surface area contributed by atoms with Crippen LogP contribution < -0.4 is 5.73 Å². The van der Waals surface area contributed by atoms with Crippen LogP contribution in [0.1, 0.15) is 11.1 Å². The van der Waals surface area contributed by atoms with Crippen LogP contribution in [0, 0.1) is 20.4 Å². The topological polar surface area (TPSA) is 30.4 Å². The van der Waals surface area contributed by atoms with Crippen molar-refractivity contribution in [2.24, 2.45) is 0 Å². The summed E-state index contributed by atoms with van der Waals surface area (Å²) < 4.78 is 0. The number of aryl methyl sites for hydroxylation is 2. The molecule has 2 N–H and O–H groups in total. The van der Waals surface area contributed by atoms with Crippen LogP contribution in [0.15, 0.2) is 12.1 Å². The summed E-state index contributed by atoms with van der Waals surface area (Å²) in [5, 5.41) is 0. The third-order valence-corrected chi connectivity index (χ3v) is 1.71. The number of hydrogen-bond acceptors (Lipinski definition) is 1. The van der Waals surface area contributed by atoms with Crippen LogP contribution >= 0.6 is 0 Å². The number of benzene rings is 1. The molecule has 0 radical (unpaired) electrons. The van der Waals surface area contributed by atoms with Gasteiger partial charge in [-0.1, -0.05) is 12.1 Å². The number of nitrogens with zero attached hydrogens (tertiary/aromatic N) is 1. The van der Waals surface area contributed by atoms with Crippen LogP contribution in [-0.2, 0) is 0 Å². The van der Waals surface area contributed by atoms with Crippen LogP contribution in [0.3, 0.4) is 0 Å². The van der Waals surface area contributed by atoms with E-state index in [9.17, 15) is 0 Å². The second-order valence-corrected chi connectivity index (χ2v) is 2.61. The van der Waals surface area contributed by atoms with E-state index in [1.807, 2.05) is 13.8 Å². The van der Waals surface area contributed by atoms with Crippen LogP contribution in [-0.4, -0.2) is 0 Å². The molecule has 2 nitrogen and oxygen atoms in total. The summed E-state index contributed by atoms with van der Waals surface area (Å²) in [6, 6.07) is 3.60. The van der Waals surface area contributed by atoms with Crippen molar-refractivity contribution in [3.05, 3.63) is 34.7 Å². The van der Waals surface area contributed by atoms with Gasteiger partial charge in [-0.25, -0.2) is 4.85 Å². The first-order chi connectivity index (χ1) is 5.15. The Labute approximate surface area is 66.5 Å². The van der Waals surface area contributed by atoms with Gasteiger partial charge >= 0.3 is 0 Å². The van der Waals surface area contributed by atoms with Gasteiger partial charge in [-0.15, -0.1) is 0 Å². The molecule has 1 rings (SSSR count). The quantitative estimate of drug-likeness (QED) is 0.442. The first kappa shape index (κ1) is 7.62. The van der Waals surface area contributed by atoms with Gasteiger partial charge in [0.25, 0.3) is 0 Å². The van der Waals surface area contributed by atoms with Crippen LogP contribution in [0.4, 0.5) is 11.4 Å². The predicted octanol–water partition coefficient (Wildman–Crippen LogP) is 2.44. The van der Waals surface area contributed by atoms with E-state index in [1.54, 1.807) is 12.1 Å². The molecule has 2 heteroatoms. The maximum Gasteiger partial charge on any atom is 0.187 e. The zero-order chi connectivity index (χ0) is 8.43. The lowest BCUT2D eigenvalue weighted by Gasteiger charge is -2.03. The van der Waals surface area contributed by atoms with E-state index >= 15 is 0 Å². The summed E-state index contributed by atoms with van der Waals surface area (Å²) in [6.45, 7) is 10.6. The summed E-state index contributed by atoms with van der Waals surface area (Å²) in [5.74, 6) is 0. The number of rotatable bonds is 0. The largest absolute Gasteiger partial charge is 0.398 e. The monoisotopic (exact) mass is 146 g/mol. The van der Waals surface area contributed by atoms with E-state index in [1.165, 1.54) is 0 Å². The molecule has 0 aliphatic carbocycles. The van der Waals surface area contributed by atoms with Gasteiger partial charge in [0.05, 0.1) is 6.57 Å². The van der Waals surface area contributed by atoms with Gasteiger partial charge in [-0.2, -0.15) is 0 Å². The molecule has 0 bridgehead atoms. The Morgan fingerprint density at radius 1 is 1.27 bits per heavy atom. The molecule has 0 saturated heterocycles. The molecule has 0 amide bonds. The Kier molecular flexibility index (Phi) is 1.82. The average Bonchev–Trinajstić information content (AvgIpc) is 1.99. The van der Waals surface area contributed by atoms with E-state index in [4.69, 9.17) is 12.3 Å². The standard InChI is InChI=1S/C9H10N2/c1-6-4-8(11-3)5-7(2)9(6)10/h4-5H,10H2,1-2H3. The molecule has 0 heterocycles. The lowest BCUT2D eigenvalue weighted by molar-refractivity contribution is 1.40. The van der Waals surface area contributed by atoms with Crippen molar-refractivity contribution in [1.29, 1.82) is 0 Å². The first-order valence-electron chi connectivity index (χ1n) is 3.39. The van der Waals surface area contributed by atoms with Gasteiger partial charge in [-0.05, 0) is 25.0 Å². The molecule has 56 valence electrons. The maximum absolute atomic E-state index is 6.79. The maximum atomic E-state index is 6.79. The number of anilines is 1. The van der Waals surface area contributed by atoms with Gasteiger partial charge < -0.3 is 5.73 Å². The zero-order valence-corrected chi connectivity index (χ0v) is 6.68. The van der Waals surface area contributed by atoms with Crippen molar-refractivity contribution in [3.63, 3.8) is 0 Å². The van der Waals surface area contributed by atoms with Gasteiger partial charge in [0, 0.05) is 5.69 Å². The Morgan fingerprint density at radius 3 is 2.09 bits per heavy atom. The summed E-state index contributed by atoms with van der Waals surface area (Å²) in [4.78, 5) is 3.33. The van der Waals surface area contributed by atoms with E-state index < -0.39 is 0 Å². The molecule has 1 aromatic rings. The van der Waals surface area contributed by atoms with Crippen molar-refractivity contribution in [2.45, 2.75) is 13.8 Å². The fourth-order valence-electron chi connectivity index (χ4n) is 1.02. The Morgan fingerprint density at radius 2 is 1.73 bits per heavy atom. The Balaban J connectivity index is 3.35. The lowest BCUT2D eigenvalue weighted by atomic mass is 10.1. The van der Waals surface area contributed by atoms with E-state index in [-0.39, 0.29) is 0 Å². The molecular formula is C9H10N2. The highest BCUT2D eigenvalue weighted by atomic mass is 14.6. The van der Waals surface area contributed by atoms with Gasteiger partial charge in [0.1, 0.15) is 0 Å². The smallest absolute Gasteiger partial charge is 0.187 e. The number of hydrogen-bond donors (Lipinski definition) is 1. The van der Waals surface area contributed by atoms with Crippen molar-refractivity contribution in [2.75, 3.05) is 5.73 Å². The molecular weight excluding hydrogens is 136 g/mol. The number of nitrogen functional groups attached to an aromatic ring is 1. The fourth-order valence-corrected chi connectivity index (χ4v) is 1.02. The van der Waals surface area contributed by atoms with Gasteiger partial charge in [0.2, 0.25) is 0 Å². The highest BCUT2D eigenvalue weighted by Gasteiger charge is 1.99. The molecule has 0 unspecified atom stereocenters. The van der Waals surface area contributed by atoms with Crippen LogP contribution in [0.25, 0.3) is 4.85 Å². The third-order valence-electron chi connectivity index (χ3n) is 1.71. The summed E-state index contributed by atoms with van der Waals surface area (Å²) in [6.07, 6.45) is 0. The normalized spacial score (nSPS) is 9.18. The van der Waals surface area contributed by atoms with Crippen LogP contribution in [0.2, 0.25) is 0 Å². The molecule has 0 aliphatic heterocycles. The summed E-state index contributed by atoms with van der Waals surface area (Å²) in [7, 11) is 0. The van der Waals surface area contributed by atoms with Crippen molar-refractivity contribution in [1.82, 2.24) is 0 Å². The van der Waals surface area contributed by atoms with Crippen molar-refractivity contribution >= 4 is 11.4 Å². The molecule has 0 spiro atoms. The molecule has 0 fully saturated rings. The van der Waals surface area contributed by atoms with Crippen molar-refractivity contribution < 1.29 is 0 Å². The second kappa shape index (κ2) is 2.63. The Bertz CT molecular complexity index is 298. The van der Waals surface area contributed by atoms with E-state index in [2.05, 4.69) is 4.85 Å². The lowest BCUT2D eigenvalue weighted by Crippen LogP contribution is -1.91. The fraction of sp³-hybridized carbons (Fsp3) is 0.222. The first-order valence-corrected chi connectivity index (χ1v) is 3.39. The number of nitrogens with two attached hydrogens (primary N) is 1. The minimum absolute atomic E-state index is 0.661.